The first-order valence-electron chi connectivity index (χ1n) is 9.67. The molecule has 0 aliphatic rings. The zero-order valence-electron chi connectivity index (χ0n) is 16.1. The highest BCUT2D eigenvalue weighted by molar-refractivity contribution is 6.08. The highest BCUT2D eigenvalue weighted by Gasteiger charge is 2.17. The number of hydrogen-bond donors (Lipinski definition) is 0. The van der Waals surface area contributed by atoms with Gasteiger partial charge in [-0.25, -0.2) is 4.68 Å². The van der Waals surface area contributed by atoms with Gasteiger partial charge in [0.1, 0.15) is 5.69 Å². The first-order valence-corrected chi connectivity index (χ1v) is 9.67. The van der Waals surface area contributed by atoms with Crippen molar-refractivity contribution >= 4 is 21.8 Å². The number of aryl methyl sites for hydroxylation is 2. The Bertz CT molecular complexity index is 1280. The van der Waals surface area contributed by atoms with Crippen molar-refractivity contribution < 1.29 is 0 Å². The van der Waals surface area contributed by atoms with Crippen molar-refractivity contribution in [3.05, 3.63) is 90.1 Å². The Kier molecular flexibility index (Phi) is 3.94. The van der Waals surface area contributed by atoms with Crippen LogP contribution in [-0.4, -0.2) is 14.8 Å². The summed E-state index contributed by atoms with van der Waals surface area (Å²) in [6.07, 6.45) is 2.96. The van der Waals surface area contributed by atoms with Crippen molar-refractivity contribution in [3.8, 4) is 16.9 Å². The van der Waals surface area contributed by atoms with Gasteiger partial charge in [-0.05, 0) is 43.2 Å². The van der Waals surface area contributed by atoms with Crippen molar-refractivity contribution in [1.82, 2.24) is 14.8 Å². The molecule has 3 aromatic carbocycles. The van der Waals surface area contributed by atoms with Crippen LogP contribution in [0, 0.1) is 6.92 Å². The van der Waals surface area contributed by atoms with Gasteiger partial charge < -0.3 is 0 Å². The number of rotatable bonds is 3. The standard InChI is InChI=1S/C25H21N3/c1-3-18-11-14-23-21(15-18)25-22(16-26-23)24(19-12-9-17(2)10-13-19)27-28(25)20-7-5-4-6-8-20/h4-16H,3H2,1-2H3. The van der Waals surface area contributed by atoms with E-state index in [9.17, 15) is 0 Å². The zero-order valence-corrected chi connectivity index (χ0v) is 16.1. The maximum atomic E-state index is 5.04. The van der Waals surface area contributed by atoms with E-state index in [0.717, 1.165) is 45.2 Å². The molecule has 28 heavy (non-hydrogen) atoms. The van der Waals surface area contributed by atoms with Crippen LogP contribution in [0.15, 0.2) is 79.0 Å². The lowest BCUT2D eigenvalue weighted by molar-refractivity contribution is 0.917. The molecule has 0 saturated heterocycles. The van der Waals surface area contributed by atoms with Crippen molar-refractivity contribution in [2.75, 3.05) is 0 Å². The van der Waals surface area contributed by atoms with Gasteiger partial charge in [-0.3, -0.25) is 4.98 Å². The fraction of sp³-hybridized carbons (Fsp3) is 0.120. The largest absolute Gasteiger partial charge is 0.255 e. The minimum atomic E-state index is 0.968. The quantitative estimate of drug-likeness (QED) is 0.387. The fourth-order valence-electron chi connectivity index (χ4n) is 3.73. The summed E-state index contributed by atoms with van der Waals surface area (Å²) >= 11 is 0. The van der Waals surface area contributed by atoms with E-state index in [-0.39, 0.29) is 0 Å². The van der Waals surface area contributed by atoms with Gasteiger partial charge in [0.05, 0.1) is 16.7 Å². The molecule has 0 saturated carbocycles. The molecule has 5 rings (SSSR count). The molecule has 3 nitrogen and oxygen atoms in total. The Hall–Kier alpha value is -3.46. The Morgan fingerprint density at radius 3 is 2.39 bits per heavy atom. The molecule has 0 amide bonds. The lowest BCUT2D eigenvalue weighted by atomic mass is 10.0. The van der Waals surface area contributed by atoms with Crippen molar-refractivity contribution in [3.63, 3.8) is 0 Å². The Morgan fingerprint density at radius 1 is 0.857 bits per heavy atom. The lowest BCUT2D eigenvalue weighted by Gasteiger charge is -2.07. The average Bonchev–Trinajstić information content (AvgIpc) is 3.15. The second-order valence-electron chi connectivity index (χ2n) is 7.19. The molecular weight excluding hydrogens is 342 g/mol. The number of nitrogens with zero attached hydrogens (tertiary/aromatic N) is 3. The summed E-state index contributed by atoms with van der Waals surface area (Å²) in [7, 11) is 0. The third kappa shape index (κ3) is 2.67. The summed E-state index contributed by atoms with van der Waals surface area (Å²) in [5.74, 6) is 0. The fourth-order valence-corrected chi connectivity index (χ4v) is 3.73. The molecule has 0 aliphatic carbocycles. The Morgan fingerprint density at radius 2 is 1.64 bits per heavy atom. The predicted molar refractivity (Wildman–Crippen MR) is 116 cm³/mol. The van der Waals surface area contributed by atoms with E-state index >= 15 is 0 Å². The molecule has 0 radical (unpaired) electrons. The van der Waals surface area contributed by atoms with Crippen LogP contribution in [0.4, 0.5) is 0 Å². The number of para-hydroxylation sites is 1. The number of aromatic nitrogens is 3. The summed E-state index contributed by atoms with van der Waals surface area (Å²) < 4.78 is 2.06. The van der Waals surface area contributed by atoms with Crippen LogP contribution in [0.3, 0.4) is 0 Å². The molecule has 2 heterocycles. The molecule has 0 spiro atoms. The summed E-state index contributed by atoms with van der Waals surface area (Å²) in [6.45, 7) is 4.28. The smallest absolute Gasteiger partial charge is 0.102 e. The normalized spacial score (nSPS) is 11.4. The van der Waals surface area contributed by atoms with E-state index in [4.69, 9.17) is 10.1 Å². The first-order chi connectivity index (χ1) is 13.7. The van der Waals surface area contributed by atoms with Crippen LogP contribution >= 0.6 is 0 Å². The monoisotopic (exact) mass is 363 g/mol. The van der Waals surface area contributed by atoms with Gasteiger partial charge in [-0.15, -0.1) is 0 Å². The SMILES string of the molecule is CCc1ccc2ncc3c(-c4ccc(C)cc4)nn(-c4ccccc4)c3c2c1. The molecule has 136 valence electrons. The van der Waals surface area contributed by atoms with Crippen molar-refractivity contribution in [2.45, 2.75) is 20.3 Å². The number of benzene rings is 3. The lowest BCUT2D eigenvalue weighted by Crippen LogP contribution is -1.97. The van der Waals surface area contributed by atoms with Gasteiger partial charge in [0, 0.05) is 22.5 Å². The molecule has 0 fully saturated rings. The van der Waals surface area contributed by atoms with Crippen molar-refractivity contribution in [2.24, 2.45) is 0 Å². The average molecular weight is 363 g/mol. The molecule has 0 atom stereocenters. The van der Waals surface area contributed by atoms with Gasteiger partial charge in [-0.1, -0.05) is 61.0 Å². The number of pyridine rings is 1. The molecule has 5 aromatic rings. The van der Waals surface area contributed by atoms with Gasteiger partial charge in [0.15, 0.2) is 0 Å². The van der Waals surface area contributed by atoms with Crippen LogP contribution < -0.4 is 0 Å². The maximum Gasteiger partial charge on any atom is 0.102 e. The second-order valence-corrected chi connectivity index (χ2v) is 7.19. The Balaban J connectivity index is 1.90. The molecular formula is C25H21N3. The van der Waals surface area contributed by atoms with Gasteiger partial charge in [0.2, 0.25) is 0 Å². The van der Waals surface area contributed by atoms with Crippen molar-refractivity contribution in [1.29, 1.82) is 0 Å². The van der Waals surface area contributed by atoms with Gasteiger partial charge >= 0.3 is 0 Å². The highest BCUT2D eigenvalue weighted by atomic mass is 15.3. The van der Waals surface area contributed by atoms with E-state index in [0.29, 0.717) is 0 Å². The first kappa shape index (κ1) is 16.7. The van der Waals surface area contributed by atoms with E-state index in [2.05, 4.69) is 85.3 Å². The molecule has 3 heteroatoms. The molecule has 0 bridgehead atoms. The molecule has 0 unspecified atom stereocenters. The van der Waals surface area contributed by atoms with Crippen LogP contribution in [0.25, 0.3) is 38.8 Å². The molecule has 0 N–H and O–H groups in total. The highest BCUT2D eigenvalue weighted by Crippen LogP contribution is 2.34. The summed E-state index contributed by atoms with van der Waals surface area (Å²) in [6, 6.07) is 25.4. The second kappa shape index (κ2) is 6.61. The van der Waals surface area contributed by atoms with Crippen LogP contribution in [-0.2, 0) is 6.42 Å². The minimum absolute atomic E-state index is 0.968. The van der Waals surface area contributed by atoms with E-state index in [1.807, 2.05) is 12.3 Å². The number of hydrogen-bond acceptors (Lipinski definition) is 2. The number of fused-ring (bicyclic) bond motifs is 3. The summed E-state index contributed by atoms with van der Waals surface area (Å²) in [5, 5.41) is 7.26. The van der Waals surface area contributed by atoms with E-state index in [1.165, 1.54) is 11.1 Å². The molecule has 0 aliphatic heterocycles. The third-order valence-corrected chi connectivity index (χ3v) is 5.30. The topological polar surface area (TPSA) is 30.7 Å². The van der Waals surface area contributed by atoms with Crippen LogP contribution in [0.5, 0.6) is 0 Å². The van der Waals surface area contributed by atoms with Gasteiger partial charge in [-0.2, -0.15) is 5.10 Å². The molecule has 2 aromatic heterocycles. The predicted octanol–water partition coefficient (Wildman–Crippen LogP) is 6.11. The summed E-state index contributed by atoms with van der Waals surface area (Å²) in [4.78, 5) is 4.74. The van der Waals surface area contributed by atoms with Crippen LogP contribution in [0.2, 0.25) is 0 Å². The van der Waals surface area contributed by atoms with E-state index < -0.39 is 0 Å². The van der Waals surface area contributed by atoms with E-state index in [1.54, 1.807) is 0 Å². The maximum absolute atomic E-state index is 5.04. The third-order valence-electron chi connectivity index (χ3n) is 5.30. The zero-order chi connectivity index (χ0) is 19.1. The Labute approximate surface area is 164 Å². The summed E-state index contributed by atoms with van der Waals surface area (Å²) in [5.41, 5.74) is 7.79. The minimum Gasteiger partial charge on any atom is -0.255 e. The van der Waals surface area contributed by atoms with Crippen LogP contribution in [0.1, 0.15) is 18.1 Å². The van der Waals surface area contributed by atoms with Gasteiger partial charge in [0.25, 0.3) is 0 Å².